The Kier molecular flexibility index (Phi) is 5.58. The molecule has 1 N–H and O–H groups in total. The smallest absolute Gasteiger partial charge is 0.291 e. The maximum atomic E-state index is 13.8. The van der Waals surface area contributed by atoms with Crippen LogP contribution in [0.1, 0.15) is 48.7 Å². The average Bonchev–Trinajstić information content (AvgIpc) is 3.34. The summed E-state index contributed by atoms with van der Waals surface area (Å²) in [5, 5.41) is 10.2. The molecule has 1 saturated carbocycles. The fourth-order valence-electron chi connectivity index (χ4n) is 3.18. The Morgan fingerprint density at radius 1 is 1.29 bits per heavy atom. The topological polar surface area (TPSA) is 77.6 Å². The molecule has 4 rings (SSSR count). The quantitative estimate of drug-likeness (QED) is 0.504. The third-order valence-electron chi connectivity index (χ3n) is 4.93. The summed E-state index contributed by atoms with van der Waals surface area (Å²) in [5.74, 6) is -1.13. The van der Waals surface area contributed by atoms with E-state index in [0.717, 1.165) is 17.5 Å². The van der Waals surface area contributed by atoms with Crippen molar-refractivity contribution in [3.8, 4) is 0 Å². The summed E-state index contributed by atoms with van der Waals surface area (Å²) in [6, 6.07) is 5.16. The first-order chi connectivity index (χ1) is 14.6. The number of hydrogen-bond acceptors (Lipinski definition) is 4. The fraction of sp³-hybridized carbons (Fsp3) is 0.368. The largest absolute Gasteiger partial charge is 0.436 e. The summed E-state index contributed by atoms with van der Waals surface area (Å²) < 4.78 is 56.0. The van der Waals surface area contributed by atoms with Gasteiger partial charge in [0.15, 0.2) is 5.69 Å². The molecule has 0 spiro atoms. The zero-order chi connectivity index (χ0) is 22.3. The van der Waals surface area contributed by atoms with Crippen LogP contribution in [0.4, 0.5) is 23.5 Å². The number of hydrogen-bond donors (Lipinski definition) is 1. The van der Waals surface area contributed by atoms with E-state index < -0.39 is 29.6 Å². The van der Waals surface area contributed by atoms with Gasteiger partial charge in [-0.25, -0.2) is 14.1 Å². The highest BCUT2D eigenvalue weighted by atomic mass is 79.9. The summed E-state index contributed by atoms with van der Waals surface area (Å²) in [6.45, 7) is 1.56. The summed E-state index contributed by atoms with van der Waals surface area (Å²) in [4.78, 5) is 16.7. The summed E-state index contributed by atoms with van der Waals surface area (Å²) in [7, 11) is 0. The van der Waals surface area contributed by atoms with Crippen molar-refractivity contribution in [1.82, 2.24) is 24.5 Å². The van der Waals surface area contributed by atoms with Gasteiger partial charge < -0.3 is 0 Å². The molecule has 0 saturated heterocycles. The van der Waals surface area contributed by atoms with Crippen LogP contribution in [0.2, 0.25) is 0 Å². The van der Waals surface area contributed by atoms with Crippen LogP contribution in [0.5, 0.6) is 0 Å². The lowest BCUT2D eigenvalue weighted by Crippen LogP contribution is -2.26. The van der Waals surface area contributed by atoms with E-state index in [2.05, 4.69) is 36.4 Å². The number of aromatic nitrogens is 5. The minimum Gasteiger partial charge on any atom is -0.291 e. The van der Waals surface area contributed by atoms with Gasteiger partial charge in [0, 0.05) is 11.5 Å². The lowest BCUT2D eigenvalue weighted by Gasteiger charge is -2.14. The summed E-state index contributed by atoms with van der Waals surface area (Å²) in [6.07, 6.45) is -1.85. The molecule has 1 aliphatic rings. The monoisotopic (exact) mass is 500 g/mol. The highest BCUT2D eigenvalue weighted by Gasteiger charge is 2.43. The third-order valence-corrected chi connectivity index (χ3v) is 5.71. The molecule has 164 valence electrons. The minimum absolute atomic E-state index is 0.0385. The Morgan fingerprint density at radius 3 is 2.65 bits per heavy atom. The van der Waals surface area contributed by atoms with Crippen molar-refractivity contribution in [1.29, 1.82) is 0 Å². The second-order valence-electron chi connectivity index (χ2n) is 7.29. The number of nitrogens with one attached hydrogen (secondary N) is 1. The van der Waals surface area contributed by atoms with Gasteiger partial charge in [0.05, 0.1) is 16.7 Å². The molecular weight excluding hydrogens is 484 g/mol. The SMILES string of the molecule is CC(C(=O)Nc1ncn(Cc2ccccc2F)n1)n1nc(C(F)(F)F)c(Br)c1C1CC1. The van der Waals surface area contributed by atoms with Crippen LogP contribution in [-0.4, -0.2) is 30.5 Å². The van der Waals surface area contributed by atoms with Gasteiger partial charge in [-0.3, -0.25) is 14.8 Å². The van der Waals surface area contributed by atoms with Crippen molar-refractivity contribution in [3.05, 3.63) is 57.8 Å². The molecule has 31 heavy (non-hydrogen) atoms. The maximum Gasteiger partial charge on any atom is 0.436 e. The van der Waals surface area contributed by atoms with Gasteiger partial charge in [-0.15, -0.1) is 5.10 Å². The van der Waals surface area contributed by atoms with E-state index >= 15 is 0 Å². The van der Waals surface area contributed by atoms with Gasteiger partial charge in [0.25, 0.3) is 5.91 Å². The lowest BCUT2D eigenvalue weighted by atomic mass is 10.2. The predicted molar refractivity (Wildman–Crippen MR) is 106 cm³/mol. The zero-order valence-electron chi connectivity index (χ0n) is 16.2. The molecule has 7 nitrogen and oxygen atoms in total. The normalized spacial score (nSPS) is 15.2. The lowest BCUT2D eigenvalue weighted by molar-refractivity contribution is -0.142. The molecule has 1 aromatic carbocycles. The average molecular weight is 501 g/mol. The van der Waals surface area contributed by atoms with Crippen molar-refractivity contribution >= 4 is 27.8 Å². The minimum atomic E-state index is -4.64. The highest BCUT2D eigenvalue weighted by Crippen LogP contribution is 2.47. The van der Waals surface area contributed by atoms with Crippen LogP contribution in [0.3, 0.4) is 0 Å². The molecule has 1 unspecified atom stereocenters. The van der Waals surface area contributed by atoms with Crippen molar-refractivity contribution in [2.24, 2.45) is 0 Å². The van der Waals surface area contributed by atoms with Gasteiger partial charge >= 0.3 is 6.18 Å². The standard InChI is InChI=1S/C19H17BrF4N6O/c1-10(30-15(11-6-7-11)14(20)16(27-30)19(22,23)24)17(31)26-18-25-9-29(28-18)8-12-4-2-3-5-13(12)21/h2-5,9-11H,6-8H2,1H3,(H,26,28,31). The maximum absolute atomic E-state index is 13.8. The van der Waals surface area contributed by atoms with E-state index in [1.807, 2.05) is 0 Å². The number of carbonyl (C=O) groups is 1. The molecule has 1 fully saturated rings. The van der Waals surface area contributed by atoms with Crippen molar-refractivity contribution in [2.45, 2.75) is 44.4 Å². The van der Waals surface area contributed by atoms with E-state index in [1.54, 1.807) is 18.2 Å². The van der Waals surface area contributed by atoms with Crippen LogP contribution in [0.25, 0.3) is 0 Å². The number of rotatable bonds is 6. The van der Waals surface area contributed by atoms with Crippen LogP contribution >= 0.6 is 15.9 Å². The molecule has 2 heterocycles. The summed E-state index contributed by atoms with van der Waals surface area (Å²) in [5.41, 5.74) is -0.303. The Bertz CT molecular complexity index is 1120. The summed E-state index contributed by atoms with van der Waals surface area (Å²) >= 11 is 3.01. The van der Waals surface area contributed by atoms with Gasteiger partial charge in [0.2, 0.25) is 5.95 Å². The number of nitrogens with zero attached hydrogens (tertiary/aromatic N) is 5. The second-order valence-corrected chi connectivity index (χ2v) is 8.08. The Balaban J connectivity index is 1.51. The van der Waals surface area contributed by atoms with Gasteiger partial charge in [-0.1, -0.05) is 18.2 Å². The van der Waals surface area contributed by atoms with E-state index in [-0.39, 0.29) is 22.9 Å². The van der Waals surface area contributed by atoms with E-state index in [1.165, 1.54) is 24.0 Å². The first-order valence-electron chi connectivity index (χ1n) is 9.44. The molecule has 1 aliphatic carbocycles. The zero-order valence-corrected chi connectivity index (χ0v) is 17.8. The highest BCUT2D eigenvalue weighted by molar-refractivity contribution is 9.10. The molecule has 1 atom stereocenters. The van der Waals surface area contributed by atoms with Crippen LogP contribution in [0, 0.1) is 5.82 Å². The van der Waals surface area contributed by atoms with Gasteiger partial charge in [0.1, 0.15) is 18.2 Å². The predicted octanol–water partition coefficient (Wildman–Crippen LogP) is 4.52. The fourth-order valence-corrected chi connectivity index (χ4v) is 3.99. The third kappa shape index (κ3) is 4.48. The van der Waals surface area contributed by atoms with Crippen molar-refractivity contribution < 1.29 is 22.4 Å². The van der Waals surface area contributed by atoms with E-state index in [0.29, 0.717) is 11.3 Å². The number of halogens is 5. The molecular formula is C19H17BrF4N6O. The Labute approximate surface area is 182 Å². The molecule has 3 aromatic rings. The molecule has 12 heteroatoms. The van der Waals surface area contributed by atoms with Gasteiger partial charge in [-0.05, 0) is 41.8 Å². The van der Waals surface area contributed by atoms with Crippen molar-refractivity contribution in [2.75, 3.05) is 5.32 Å². The van der Waals surface area contributed by atoms with Crippen LogP contribution < -0.4 is 5.32 Å². The molecule has 0 aliphatic heterocycles. The van der Waals surface area contributed by atoms with E-state index in [4.69, 9.17) is 0 Å². The van der Waals surface area contributed by atoms with Gasteiger partial charge in [-0.2, -0.15) is 18.3 Å². The van der Waals surface area contributed by atoms with E-state index in [9.17, 15) is 22.4 Å². The molecule has 2 aromatic heterocycles. The van der Waals surface area contributed by atoms with Crippen molar-refractivity contribution in [3.63, 3.8) is 0 Å². The molecule has 0 radical (unpaired) electrons. The number of alkyl halides is 3. The Morgan fingerprint density at radius 2 is 2.00 bits per heavy atom. The number of anilines is 1. The Hall–Kier alpha value is -2.76. The number of carbonyl (C=O) groups excluding carboxylic acids is 1. The van der Waals surface area contributed by atoms with Crippen LogP contribution in [-0.2, 0) is 17.5 Å². The molecule has 1 amide bonds. The number of amides is 1. The van der Waals surface area contributed by atoms with Crippen LogP contribution in [0.15, 0.2) is 35.1 Å². The first kappa shape index (κ1) is 21.5. The second kappa shape index (κ2) is 8.06. The first-order valence-corrected chi connectivity index (χ1v) is 10.2. The molecule has 0 bridgehead atoms. The number of benzene rings is 1.